The van der Waals surface area contributed by atoms with Crippen molar-refractivity contribution in [3.05, 3.63) is 35.1 Å². The van der Waals surface area contributed by atoms with Gasteiger partial charge in [0.15, 0.2) is 6.10 Å². The summed E-state index contributed by atoms with van der Waals surface area (Å²) in [6, 6.07) is 5.01. The molecule has 2 unspecified atom stereocenters. The quantitative estimate of drug-likeness (QED) is 0.613. The van der Waals surface area contributed by atoms with Gasteiger partial charge in [0.05, 0.1) is 17.0 Å². The smallest absolute Gasteiger partial charge is 0.384 e. The van der Waals surface area contributed by atoms with Gasteiger partial charge in [0, 0.05) is 31.6 Å². The molecule has 24 heavy (non-hydrogen) atoms. The molecule has 2 heterocycles. The van der Waals surface area contributed by atoms with E-state index in [1.54, 1.807) is 24.4 Å². The third-order valence-electron chi connectivity index (χ3n) is 3.26. The molecular formula is C15H14ClF3N4O. The standard InChI is InChI=1S/C15H14ClF3N4O/c16-14-2-1-11-12(23-14)5-9(8-22-11)10(6-20)7-21-4-3-13(24)15(17,18)19/h1-2,5-8,10,13,20,24H,3-4H2. The number of halogens is 4. The molecule has 0 bridgehead atoms. The predicted octanol–water partition coefficient (Wildman–Crippen LogP) is 3.40. The van der Waals surface area contributed by atoms with Gasteiger partial charge in [0.1, 0.15) is 5.15 Å². The van der Waals surface area contributed by atoms with Crippen LogP contribution < -0.4 is 0 Å². The number of hydrogen-bond acceptors (Lipinski definition) is 5. The summed E-state index contributed by atoms with van der Waals surface area (Å²) in [5.74, 6) is -0.550. The zero-order valence-corrected chi connectivity index (χ0v) is 13.1. The zero-order chi connectivity index (χ0) is 17.7. The first-order valence-electron chi connectivity index (χ1n) is 6.99. The van der Waals surface area contributed by atoms with Crippen molar-refractivity contribution < 1.29 is 18.3 Å². The molecule has 0 aliphatic heterocycles. The van der Waals surface area contributed by atoms with Crippen LogP contribution in [0.5, 0.6) is 0 Å². The summed E-state index contributed by atoms with van der Waals surface area (Å²) in [4.78, 5) is 12.2. The lowest BCUT2D eigenvalue weighted by molar-refractivity contribution is -0.204. The topological polar surface area (TPSA) is 82.2 Å². The molecule has 0 radical (unpaired) electrons. The molecule has 9 heteroatoms. The lowest BCUT2D eigenvalue weighted by Crippen LogP contribution is -2.29. The average molecular weight is 359 g/mol. The van der Waals surface area contributed by atoms with E-state index in [0.717, 1.165) is 6.21 Å². The van der Waals surface area contributed by atoms with Crippen molar-refractivity contribution in [2.45, 2.75) is 24.6 Å². The summed E-state index contributed by atoms with van der Waals surface area (Å²) in [7, 11) is 0. The van der Waals surface area contributed by atoms with E-state index in [1.807, 2.05) is 0 Å². The van der Waals surface area contributed by atoms with E-state index in [4.69, 9.17) is 22.1 Å². The molecule has 2 aromatic heterocycles. The first kappa shape index (κ1) is 18.3. The van der Waals surface area contributed by atoms with E-state index < -0.39 is 24.6 Å². The third-order valence-corrected chi connectivity index (χ3v) is 3.47. The van der Waals surface area contributed by atoms with Crippen molar-refractivity contribution >= 4 is 35.1 Å². The Bertz CT molecular complexity index is 751. The van der Waals surface area contributed by atoms with E-state index in [-0.39, 0.29) is 6.54 Å². The second kappa shape index (κ2) is 7.67. The minimum atomic E-state index is -4.65. The number of alkyl halides is 3. The molecule has 0 aliphatic rings. The summed E-state index contributed by atoms with van der Waals surface area (Å²) < 4.78 is 36.5. The van der Waals surface area contributed by atoms with Crippen LogP contribution in [-0.4, -0.2) is 46.3 Å². The van der Waals surface area contributed by atoms with Crippen LogP contribution in [0.2, 0.25) is 5.15 Å². The van der Waals surface area contributed by atoms with Crippen molar-refractivity contribution in [3.63, 3.8) is 0 Å². The zero-order valence-electron chi connectivity index (χ0n) is 12.3. The number of rotatable bonds is 6. The van der Waals surface area contributed by atoms with Crippen LogP contribution >= 0.6 is 11.6 Å². The highest BCUT2D eigenvalue weighted by atomic mass is 35.5. The number of hydrogen-bond donors (Lipinski definition) is 2. The van der Waals surface area contributed by atoms with Gasteiger partial charge in [-0.25, -0.2) is 4.98 Å². The second-order valence-electron chi connectivity index (χ2n) is 5.03. The Balaban J connectivity index is 2.08. The van der Waals surface area contributed by atoms with Crippen LogP contribution in [0.4, 0.5) is 13.2 Å². The summed E-state index contributed by atoms with van der Waals surface area (Å²) in [5, 5.41) is 16.7. The molecule has 128 valence electrons. The van der Waals surface area contributed by atoms with Crippen LogP contribution in [0.1, 0.15) is 17.9 Å². The molecule has 0 aromatic carbocycles. The molecule has 0 saturated heterocycles. The van der Waals surface area contributed by atoms with Crippen LogP contribution in [-0.2, 0) is 0 Å². The van der Waals surface area contributed by atoms with Crippen LogP contribution in [0, 0.1) is 5.41 Å². The molecule has 2 rings (SSSR count). The SMILES string of the molecule is N=CC(C=NCCC(O)C(F)(F)F)c1cnc2ccc(Cl)nc2c1. The van der Waals surface area contributed by atoms with Crippen molar-refractivity contribution in [3.8, 4) is 0 Å². The fourth-order valence-electron chi connectivity index (χ4n) is 1.95. The van der Waals surface area contributed by atoms with Gasteiger partial charge < -0.3 is 10.5 Å². The molecule has 2 atom stereocenters. The highest BCUT2D eigenvalue weighted by Gasteiger charge is 2.37. The monoisotopic (exact) mass is 358 g/mol. The minimum Gasteiger partial charge on any atom is -0.384 e. The third kappa shape index (κ3) is 4.72. The minimum absolute atomic E-state index is 0.198. The van der Waals surface area contributed by atoms with Gasteiger partial charge in [-0.1, -0.05) is 11.6 Å². The fourth-order valence-corrected chi connectivity index (χ4v) is 2.11. The Morgan fingerprint density at radius 3 is 2.75 bits per heavy atom. The molecule has 0 saturated carbocycles. The highest BCUT2D eigenvalue weighted by molar-refractivity contribution is 6.29. The number of aliphatic hydroxyl groups excluding tert-OH is 1. The molecule has 0 fully saturated rings. The summed E-state index contributed by atoms with van der Waals surface area (Å²) in [6.07, 6.45) is -3.59. The molecule has 0 spiro atoms. The Kier molecular flexibility index (Phi) is 5.84. The normalized spacial score (nSPS) is 14.9. The Morgan fingerprint density at radius 1 is 1.33 bits per heavy atom. The first-order valence-corrected chi connectivity index (χ1v) is 7.36. The Labute approximate surface area is 140 Å². The summed E-state index contributed by atoms with van der Waals surface area (Å²) in [5.41, 5.74) is 1.80. The molecule has 0 aliphatic carbocycles. The van der Waals surface area contributed by atoms with Gasteiger partial charge in [0.25, 0.3) is 0 Å². The number of nitrogens with one attached hydrogen (secondary N) is 1. The maximum Gasteiger partial charge on any atom is 0.414 e. The largest absolute Gasteiger partial charge is 0.414 e. The Morgan fingerprint density at radius 2 is 2.08 bits per heavy atom. The lowest BCUT2D eigenvalue weighted by Gasteiger charge is -2.12. The fraction of sp³-hybridized carbons (Fsp3) is 0.333. The van der Waals surface area contributed by atoms with Crippen molar-refractivity contribution in [1.29, 1.82) is 5.41 Å². The van der Waals surface area contributed by atoms with Crippen molar-refractivity contribution in [2.75, 3.05) is 6.54 Å². The van der Waals surface area contributed by atoms with Gasteiger partial charge in [-0.05, 0) is 23.8 Å². The van der Waals surface area contributed by atoms with E-state index in [1.165, 1.54) is 6.21 Å². The number of nitrogens with zero attached hydrogens (tertiary/aromatic N) is 3. The number of aromatic nitrogens is 2. The average Bonchev–Trinajstić information content (AvgIpc) is 2.53. The first-order chi connectivity index (χ1) is 11.3. The van der Waals surface area contributed by atoms with Gasteiger partial charge in [-0.2, -0.15) is 13.2 Å². The van der Waals surface area contributed by atoms with Gasteiger partial charge in [-0.15, -0.1) is 0 Å². The predicted molar refractivity (Wildman–Crippen MR) is 86.1 cm³/mol. The Hall–Kier alpha value is -2.06. The molecule has 0 amide bonds. The van der Waals surface area contributed by atoms with E-state index in [2.05, 4.69) is 15.0 Å². The maximum atomic E-state index is 12.2. The number of aliphatic imine (C=N–C) groups is 1. The molecular weight excluding hydrogens is 345 g/mol. The van der Waals surface area contributed by atoms with Gasteiger partial charge in [-0.3, -0.25) is 9.98 Å². The van der Waals surface area contributed by atoms with Crippen LogP contribution in [0.25, 0.3) is 11.0 Å². The van der Waals surface area contributed by atoms with Crippen molar-refractivity contribution in [1.82, 2.24) is 9.97 Å². The number of aliphatic hydroxyl groups is 1. The van der Waals surface area contributed by atoms with Crippen molar-refractivity contribution in [2.24, 2.45) is 4.99 Å². The molecule has 5 nitrogen and oxygen atoms in total. The summed E-state index contributed by atoms with van der Waals surface area (Å²) in [6.45, 7) is -0.198. The van der Waals surface area contributed by atoms with E-state index in [0.29, 0.717) is 21.7 Å². The molecule has 2 N–H and O–H groups in total. The maximum absolute atomic E-state index is 12.2. The molecule has 2 aromatic rings. The van der Waals surface area contributed by atoms with Crippen LogP contribution in [0.15, 0.2) is 29.4 Å². The second-order valence-corrected chi connectivity index (χ2v) is 5.42. The number of fused-ring (bicyclic) bond motifs is 1. The lowest BCUT2D eigenvalue weighted by atomic mass is 10.0. The summed E-state index contributed by atoms with van der Waals surface area (Å²) >= 11 is 5.83. The van der Waals surface area contributed by atoms with Gasteiger partial charge in [0.2, 0.25) is 0 Å². The van der Waals surface area contributed by atoms with Crippen LogP contribution in [0.3, 0.4) is 0 Å². The van der Waals surface area contributed by atoms with Gasteiger partial charge >= 0.3 is 6.18 Å². The highest BCUT2D eigenvalue weighted by Crippen LogP contribution is 2.22. The van der Waals surface area contributed by atoms with E-state index in [9.17, 15) is 13.2 Å². The van der Waals surface area contributed by atoms with E-state index >= 15 is 0 Å². The number of pyridine rings is 2.